The third kappa shape index (κ3) is 3.84. The maximum atomic E-state index is 12.6. The van der Waals surface area contributed by atoms with Crippen LogP contribution in [0.2, 0.25) is 0 Å². The standard InChI is InChI=1S/C18H20N2O4/c1-11-15(19-12(2)21)6-5-7-16(11)20-18(22)14-10-13(23-3)8-9-17(14)24-4/h5-10H,1-4H3,(H,19,21)(H,20,22). The third-order valence-corrected chi connectivity index (χ3v) is 3.54. The summed E-state index contributed by atoms with van der Waals surface area (Å²) < 4.78 is 10.4. The molecule has 0 saturated heterocycles. The Bertz CT molecular complexity index is 772. The Hall–Kier alpha value is -3.02. The van der Waals surface area contributed by atoms with E-state index in [-0.39, 0.29) is 11.8 Å². The first kappa shape index (κ1) is 17.3. The summed E-state index contributed by atoms with van der Waals surface area (Å²) in [5.74, 6) is 0.513. The summed E-state index contributed by atoms with van der Waals surface area (Å²) in [4.78, 5) is 23.9. The number of hydrogen-bond donors (Lipinski definition) is 2. The van der Waals surface area contributed by atoms with E-state index < -0.39 is 0 Å². The van der Waals surface area contributed by atoms with Crippen molar-refractivity contribution in [1.82, 2.24) is 0 Å². The molecule has 2 amide bonds. The number of carbonyl (C=O) groups is 2. The molecule has 0 saturated carbocycles. The van der Waals surface area contributed by atoms with Crippen LogP contribution in [0.3, 0.4) is 0 Å². The van der Waals surface area contributed by atoms with Crippen LogP contribution >= 0.6 is 0 Å². The van der Waals surface area contributed by atoms with Crippen molar-refractivity contribution >= 4 is 23.2 Å². The lowest BCUT2D eigenvalue weighted by Crippen LogP contribution is -2.15. The minimum Gasteiger partial charge on any atom is -0.497 e. The maximum Gasteiger partial charge on any atom is 0.259 e. The Balaban J connectivity index is 2.32. The molecule has 2 rings (SSSR count). The topological polar surface area (TPSA) is 76.7 Å². The molecule has 0 spiro atoms. The monoisotopic (exact) mass is 328 g/mol. The van der Waals surface area contributed by atoms with Gasteiger partial charge in [-0.15, -0.1) is 0 Å². The number of ether oxygens (including phenoxy) is 2. The van der Waals surface area contributed by atoms with Gasteiger partial charge in [0.15, 0.2) is 0 Å². The van der Waals surface area contributed by atoms with Crippen molar-refractivity contribution < 1.29 is 19.1 Å². The normalized spacial score (nSPS) is 10.0. The second-order valence-corrected chi connectivity index (χ2v) is 5.18. The number of amides is 2. The molecule has 126 valence electrons. The van der Waals surface area contributed by atoms with E-state index in [1.165, 1.54) is 21.1 Å². The molecule has 0 radical (unpaired) electrons. The van der Waals surface area contributed by atoms with Gasteiger partial charge in [-0.1, -0.05) is 6.07 Å². The average molecular weight is 328 g/mol. The van der Waals surface area contributed by atoms with Crippen LogP contribution in [0.25, 0.3) is 0 Å². The first-order valence-corrected chi connectivity index (χ1v) is 7.37. The van der Waals surface area contributed by atoms with Crippen LogP contribution in [0.4, 0.5) is 11.4 Å². The van der Waals surface area contributed by atoms with Gasteiger partial charge < -0.3 is 20.1 Å². The molecule has 0 aromatic heterocycles. The summed E-state index contributed by atoms with van der Waals surface area (Å²) in [6, 6.07) is 10.3. The van der Waals surface area contributed by atoms with Crippen molar-refractivity contribution in [3.63, 3.8) is 0 Å². The number of methoxy groups -OCH3 is 2. The molecule has 0 bridgehead atoms. The molecule has 0 heterocycles. The zero-order valence-corrected chi connectivity index (χ0v) is 14.1. The molecular weight excluding hydrogens is 308 g/mol. The van der Waals surface area contributed by atoms with Gasteiger partial charge in [0.2, 0.25) is 5.91 Å². The highest BCUT2D eigenvalue weighted by atomic mass is 16.5. The lowest BCUT2D eigenvalue weighted by Gasteiger charge is -2.14. The molecule has 0 atom stereocenters. The summed E-state index contributed by atoms with van der Waals surface area (Å²) >= 11 is 0. The number of rotatable bonds is 5. The van der Waals surface area contributed by atoms with Crippen LogP contribution in [-0.4, -0.2) is 26.0 Å². The number of nitrogens with one attached hydrogen (secondary N) is 2. The van der Waals surface area contributed by atoms with Crippen LogP contribution in [0.1, 0.15) is 22.8 Å². The van der Waals surface area contributed by atoms with Gasteiger partial charge >= 0.3 is 0 Å². The highest BCUT2D eigenvalue weighted by Gasteiger charge is 2.15. The summed E-state index contributed by atoms with van der Waals surface area (Å²) in [5, 5.41) is 5.57. The Morgan fingerprint density at radius 1 is 0.958 bits per heavy atom. The minimum atomic E-state index is -0.325. The van der Waals surface area contributed by atoms with Gasteiger partial charge in [-0.3, -0.25) is 9.59 Å². The van der Waals surface area contributed by atoms with Crippen LogP contribution in [0.15, 0.2) is 36.4 Å². The Morgan fingerprint density at radius 3 is 2.21 bits per heavy atom. The summed E-state index contributed by atoms with van der Waals surface area (Å²) in [5.41, 5.74) is 2.39. The summed E-state index contributed by atoms with van der Waals surface area (Å²) in [6.45, 7) is 3.26. The molecular formula is C18H20N2O4. The fourth-order valence-electron chi connectivity index (χ4n) is 2.28. The molecule has 24 heavy (non-hydrogen) atoms. The first-order chi connectivity index (χ1) is 11.5. The van der Waals surface area contributed by atoms with E-state index in [1.807, 2.05) is 6.92 Å². The fourth-order valence-corrected chi connectivity index (χ4v) is 2.28. The molecule has 0 aliphatic heterocycles. The van der Waals surface area contributed by atoms with E-state index >= 15 is 0 Å². The average Bonchev–Trinajstić information content (AvgIpc) is 2.57. The third-order valence-electron chi connectivity index (χ3n) is 3.54. The lowest BCUT2D eigenvalue weighted by atomic mass is 10.1. The molecule has 6 heteroatoms. The molecule has 0 aliphatic rings. The molecule has 2 N–H and O–H groups in total. The van der Waals surface area contributed by atoms with Crippen molar-refractivity contribution in [1.29, 1.82) is 0 Å². The van der Waals surface area contributed by atoms with Gasteiger partial charge in [0.1, 0.15) is 11.5 Å². The number of anilines is 2. The summed E-state index contributed by atoms with van der Waals surface area (Å²) in [7, 11) is 3.03. The summed E-state index contributed by atoms with van der Waals surface area (Å²) in [6.07, 6.45) is 0. The van der Waals surface area contributed by atoms with E-state index in [1.54, 1.807) is 36.4 Å². The zero-order valence-electron chi connectivity index (χ0n) is 14.1. The van der Waals surface area contributed by atoms with Gasteiger partial charge in [0.25, 0.3) is 5.91 Å². The van der Waals surface area contributed by atoms with E-state index in [9.17, 15) is 9.59 Å². The SMILES string of the molecule is COc1ccc(OC)c(C(=O)Nc2cccc(NC(C)=O)c2C)c1. The van der Waals surface area contributed by atoms with Crippen molar-refractivity contribution in [2.24, 2.45) is 0 Å². The van der Waals surface area contributed by atoms with Crippen LogP contribution in [-0.2, 0) is 4.79 Å². The number of hydrogen-bond acceptors (Lipinski definition) is 4. The second kappa shape index (κ2) is 7.50. The molecule has 2 aromatic carbocycles. The second-order valence-electron chi connectivity index (χ2n) is 5.18. The number of carbonyl (C=O) groups excluding carboxylic acids is 2. The first-order valence-electron chi connectivity index (χ1n) is 7.37. The van der Waals surface area contributed by atoms with Gasteiger partial charge in [-0.2, -0.15) is 0 Å². The molecule has 0 unspecified atom stereocenters. The van der Waals surface area contributed by atoms with Crippen LogP contribution in [0, 0.1) is 6.92 Å². The predicted molar refractivity (Wildman–Crippen MR) is 93.0 cm³/mol. The highest BCUT2D eigenvalue weighted by molar-refractivity contribution is 6.07. The Labute approximate surface area is 140 Å². The van der Waals surface area contributed by atoms with Gasteiger partial charge in [0, 0.05) is 18.3 Å². The quantitative estimate of drug-likeness (QED) is 0.883. The van der Waals surface area contributed by atoms with Gasteiger partial charge in [-0.25, -0.2) is 0 Å². The number of benzene rings is 2. The lowest BCUT2D eigenvalue weighted by molar-refractivity contribution is -0.114. The smallest absolute Gasteiger partial charge is 0.259 e. The van der Waals surface area contributed by atoms with Crippen molar-refractivity contribution in [2.75, 3.05) is 24.9 Å². The molecule has 2 aromatic rings. The highest BCUT2D eigenvalue weighted by Crippen LogP contribution is 2.27. The van der Waals surface area contributed by atoms with Crippen molar-refractivity contribution in [3.8, 4) is 11.5 Å². The van der Waals surface area contributed by atoms with Crippen LogP contribution in [0.5, 0.6) is 11.5 Å². The Morgan fingerprint density at radius 2 is 1.62 bits per heavy atom. The zero-order chi connectivity index (χ0) is 17.7. The van der Waals surface area contributed by atoms with Crippen molar-refractivity contribution in [2.45, 2.75) is 13.8 Å². The van der Waals surface area contributed by atoms with E-state index in [0.717, 1.165) is 5.56 Å². The molecule has 0 fully saturated rings. The maximum absolute atomic E-state index is 12.6. The fraction of sp³-hybridized carbons (Fsp3) is 0.222. The predicted octanol–water partition coefficient (Wildman–Crippen LogP) is 3.22. The van der Waals surface area contributed by atoms with Gasteiger partial charge in [0.05, 0.1) is 19.8 Å². The largest absolute Gasteiger partial charge is 0.497 e. The van der Waals surface area contributed by atoms with E-state index in [4.69, 9.17) is 9.47 Å². The van der Waals surface area contributed by atoms with E-state index in [2.05, 4.69) is 10.6 Å². The van der Waals surface area contributed by atoms with E-state index in [0.29, 0.717) is 28.4 Å². The minimum absolute atomic E-state index is 0.170. The Kier molecular flexibility index (Phi) is 5.42. The van der Waals surface area contributed by atoms with Gasteiger partial charge in [-0.05, 0) is 42.8 Å². The van der Waals surface area contributed by atoms with Crippen LogP contribution < -0.4 is 20.1 Å². The van der Waals surface area contributed by atoms with Crippen molar-refractivity contribution in [3.05, 3.63) is 47.5 Å². The molecule has 0 aliphatic carbocycles. The molecule has 6 nitrogen and oxygen atoms in total.